The summed E-state index contributed by atoms with van der Waals surface area (Å²) >= 11 is 9.14. The predicted octanol–water partition coefficient (Wildman–Crippen LogP) is 4.95. The quantitative estimate of drug-likeness (QED) is 0.650. The minimum absolute atomic E-state index is 0.251. The van der Waals surface area contributed by atoms with Crippen LogP contribution in [-0.2, 0) is 0 Å². The van der Waals surface area contributed by atoms with Gasteiger partial charge >= 0.3 is 0 Å². The lowest BCUT2D eigenvalue weighted by Gasteiger charge is -2.02. The highest BCUT2D eigenvalue weighted by Crippen LogP contribution is 2.25. The fourth-order valence-corrected chi connectivity index (χ4v) is 2.76. The van der Waals surface area contributed by atoms with Crippen molar-refractivity contribution in [2.45, 2.75) is 0 Å². The van der Waals surface area contributed by atoms with Gasteiger partial charge in [-0.2, -0.15) is 0 Å². The van der Waals surface area contributed by atoms with Crippen molar-refractivity contribution in [3.63, 3.8) is 0 Å². The third-order valence-electron chi connectivity index (χ3n) is 3.01. The van der Waals surface area contributed by atoms with Crippen LogP contribution >= 0.6 is 27.5 Å². The largest absolute Gasteiger partial charge is 0.360 e. The molecule has 0 saturated heterocycles. The fourth-order valence-electron chi connectivity index (χ4n) is 2.12. The number of rotatable bonds is 2. The molecular formula is C15H8BrClFNO. The Kier molecular flexibility index (Phi) is 3.36. The van der Waals surface area contributed by atoms with Crippen LogP contribution in [0.5, 0.6) is 0 Å². The SMILES string of the molecule is O=C(c1cc(F)cc(Br)c1)c1c[nH]c2ccc(Cl)cc12. The van der Waals surface area contributed by atoms with Crippen LogP contribution in [0.25, 0.3) is 10.9 Å². The number of carbonyl (C=O) groups is 1. The molecule has 0 atom stereocenters. The van der Waals surface area contributed by atoms with Crippen molar-refractivity contribution in [3.8, 4) is 0 Å². The Morgan fingerprint density at radius 3 is 2.75 bits per heavy atom. The molecule has 0 amide bonds. The molecule has 0 spiro atoms. The maximum atomic E-state index is 13.4. The molecule has 1 N–H and O–H groups in total. The van der Waals surface area contributed by atoms with Crippen LogP contribution in [0.1, 0.15) is 15.9 Å². The molecule has 1 heterocycles. The molecule has 0 saturated carbocycles. The van der Waals surface area contributed by atoms with Crippen LogP contribution < -0.4 is 0 Å². The highest BCUT2D eigenvalue weighted by atomic mass is 79.9. The molecular weight excluding hydrogens is 345 g/mol. The highest BCUT2D eigenvalue weighted by Gasteiger charge is 2.15. The van der Waals surface area contributed by atoms with Crippen molar-refractivity contribution in [2.75, 3.05) is 0 Å². The Morgan fingerprint density at radius 1 is 1.20 bits per heavy atom. The number of fused-ring (bicyclic) bond motifs is 1. The summed E-state index contributed by atoms with van der Waals surface area (Å²) < 4.78 is 13.9. The van der Waals surface area contributed by atoms with Gasteiger partial charge in [0.1, 0.15) is 5.82 Å². The summed E-state index contributed by atoms with van der Waals surface area (Å²) in [5.41, 5.74) is 1.57. The third-order valence-corrected chi connectivity index (χ3v) is 3.71. The van der Waals surface area contributed by atoms with Gasteiger partial charge in [-0.1, -0.05) is 27.5 Å². The number of ketones is 1. The van der Waals surface area contributed by atoms with E-state index in [0.717, 1.165) is 10.9 Å². The van der Waals surface area contributed by atoms with E-state index in [-0.39, 0.29) is 11.3 Å². The summed E-state index contributed by atoms with van der Waals surface area (Å²) in [5.74, 6) is -0.709. The van der Waals surface area contributed by atoms with Gasteiger partial charge < -0.3 is 4.98 Å². The first-order valence-corrected chi connectivity index (χ1v) is 6.99. The summed E-state index contributed by atoms with van der Waals surface area (Å²) in [6, 6.07) is 9.38. The molecule has 0 unspecified atom stereocenters. The first-order valence-electron chi connectivity index (χ1n) is 5.82. The Morgan fingerprint density at radius 2 is 2.00 bits per heavy atom. The highest BCUT2D eigenvalue weighted by molar-refractivity contribution is 9.10. The van der Waals surface area contributed by atoms with E-state index in [0.29, 0.717) is 15.1 Å². The van der Waals surface area contributed by atoms with Gasteiger partial charge in [0.2, 0.25) is 0 Å². The second kappa shape index (κ2) is 5.04. The van der Waals surface area contributed by atoms with Crippen LogP contribution in [0.4, 0.5) is 4.39 Å². The summed E-state index contributed by atoms with van der Waals surface area (Å²) in [5, 5.41) is 1.27. The molecule has 0 bridgehead atoms. The second-order valence-electron chi connectivity index (χ2n) is 4.38. The van der Waals surface area contributed by atoms with E-state index in [1.807, 2.05) is 0 Å². The zero-order valence-corrected chi connectivity index (χ0v) is 12.4. The maximum Gasteiger partial charge on any atom is 0.195 e. The molecule has 0 fully saturated rings. The van der Waals surface area contributed by atoms with Gasteiger partial charge in [0.15, 0.2) is 5.78 Å². The Bertz CT molecular complexity index is 808. The molecule has 1 aromatic heterocycles. The third kappa shape index (κ3) is 2.37. The number of hydrogen-bond acceptors (Lipinski definition) is 1. The van der Waals surface area contributed by atoms with Crippen LogP contribution in [0.3, 0.4) is 0 Å². The van der Waals surface area contributed by atoms with E-state index in [4.69, 9.17) is 11.6 Å². The van der Waals surface area contributed by atoms with Crippen molar-refractivity contribution in [1.29, 1.82) is 0 Å². The monoisotopic (exact) mass is 351 g/mol. The molecule has 3 rings (SSSR count). The van der Waals surface area contributed by atoms with Crippen LogP contribution in [-0.4, -0.2) is 10.8 Å². The predicted molar refractivity (Wildman–Crippen MR) is 80.8 cm³/mol. The maximum absolute atomic E-state index is 13.4. The van der Waals surface area contributed by atoms with Gasteiger partial charge in [-0.25, -0.2) is 4.39 Å². The molecule has 2 aromatic carbocycles. The summed E-state index contributed by atoms with van der Waals surface area (Å²) in [6.45, 7) is 0. The van der Waals surface area contributed by atoms with E-state index in [9.17, 15) is 9.18 Å². The summed E-state index contributed by atoms with van der Waals surface area (Å²) in [6.07, 6.45) is 1.61. The Balaban J connectivity index is 2.15. The van der Waals surface area contributed by atoms with Gasteiger partial charge in [-0.05, 0) is 36.4 Å². The zero-order valence-electron chi connectivity index (χ0n) is 10.1. The molecule has 3 aromatic rings. The lowest BCUT2D eigenvalue weighted by molar-refractivity contribution is 0.104. The summed E-state index contributed by atoms with van der Waals surface area (Å²) in [4.78, 5) is 15.5. The van der Waals surface area contributed by atoms with E-state index < -0.39 is 5.82 Å². The van der Waals surface area contributed by atoms with Crippen molar-refractivity contribution in [2.24, 2.45) is 0 Å². The van der Waals surface area contributed by atoms with Gasteiger partial charge in [0.05, 0.1) is 0 Å². The number of aromatic nitrogens is 1. The van der Waals surface area contributed by atoms with Gasteiger partial charge in [0, 0.05) is 37.7 Å². The number of halogens is 3. The molecule has 2 nitrogen and oxygen atoms in total. The Hall–Kier alpha value is -1.65. The van der Waals surface area contributed by atoms with E-state index in [1.54, 1.807) is 30.5 Å². The average molecular weight is 353 g/mol. The zero-order chi connectivity index (χ0) is 14.3. The van der Waals surface area contributed by atoms with Crippen LogP contribution in [0.15, 0.2) is 47.1 Å². The van der Waals surface area contributed by atoms with Gasteiger partial charge in [-0.3, -0.25) is 4.79 Å². The minimum Gasteiger partial charge on any atom is -0.360 e. The topological polar surface area (TPSA) is 32.9 Å². The molecule has 0 aliphatic rings. The standard InChI is InChI=1S/C15H8BrClFNO/c16-9-3-8(4-11(18)5-9)15(20)13-7-19-14-2-1-10(17)6-12(13)14/h1-7,19H. The molecule has 20 heavy (non-hydrogen) atoms. The lowest BCUT2D eigenvalue weighted by atomic mass is 10.0. The number of hydrogen-bond donors (Lipinski definition) is 1. The number of nitrogens with one attached hydrogen (secondary N) is 1. The van der Waals surface area contributed by atoms with E-state index in [1.165, 1.54) is 12.1 Å². The van der Waals surface area contributed by atoms with Gasteiger partial charge in [-0.15, -0.1) is 0 Å². The Labute approximate surface area is 127 Å². The van der Waals surface area contributed by atoms with Crippen LogP contribution in [0, 0.1) is 5.82 Å². The molecule has 0 aliphatic carbocycles. The lowest BCUT2D eigenvalue weighted by Crippen LogP contribution is -2.01. The minimum atomic E-state index is -0.458. The number of carbonyl (C=O) groups excluding carboxylic acids is 1. The molecule has 0 aliphatic heterocycles. The van der Waals surface area contributed by atoms with Crippen molar-refractivity contribution in [3.05, 3.63) is 69.0 Å². The van der Waals surface area contributed by atoms with E-state index >= 15 is 0 Å². The summed E-state index contributed by atoms with van der Waals surface area (Å²) in [7, 11) is 0. The molecule has 100 valence electrons. The van der Waals surface area contributed by atoms with Crippen LogP contribution in [0.2, 0.25) is 5.02 Å². The number of benzene rings is 2. The number of H-pyrrole nitrogens is 1. The molecule has 0 radical (unpaired) electrons. The van der Waals surface area contributed by atoms with Crippen molar-refractivity contribution in [1.82, 2.24) is 4.98 Å². The van der Waals surface area contributed by atoms with Gasteiger partial charge in [0.25, 0.3) is 0 Å². The number of aromatic amines is 1. The smallest absolute Gasteiger partial charge is 0.195 e. The van der Waals surface area contributed by atoms with E-state index in [2.05, 4.69) is 20.9 Å². The first kappa shape index (κ1) is 13.3. The van der Waals surface area contributed by atoms with Crippen molar-refractivity contribution >= 4 is 44.2 Å². The normalized spacial score (nSPS) is 10.9. The first-order chi connectivity index (χ1) is 9.54. The fraction of sp³-hybridized carbons (Fsp3) is 0. The second-order valence-corrected chi connectivity index (χ2v) is 5.73. The van der Waals surface area contributed by atoms with Crippen molar-refractivity contribution < 1.29 is 9.18 Å². The average Bonchev–Trinajstić information content (AvgIpc) is 2.79. The molecule has 5 heteroatoms.